The van der Waals surface area contributed by atoms with E-state index in [-0.39, 0.29) is 5.60 Å². The molecule has 0 saturated carbocycles. The van der Waals surface area contributed by atoms with Gasteiger partial charge in [0.1, 0.15) is 17.1 Å². The molecule has 3 heteroatoms. The SMILES string of the molecule is CCCCC1(CC)CC(O)c2ccc(OC)cc2O1. The minimum Gasteiger partial charge on any atom is -0.497 e. The summed E-state index contributed by atoms with van der Waals surface area (Å²) in [4.78, 5) is 0. The number of aliphatic hydroxyl groups is 1. The molecule has 1 aromatic carbocycles. The number of aliphatic hydroxyl groups excluding tert-OH is 1. The second-order valence-corrected chi connectivity index (χ2v) is 5.37. The van der Waals surface area contributed by atoms with Crippen molar-refractivity contribution < 1.29 is 14.6 Å². The molecule has 19 heavy (non-hydrogen) atoms. The monoisotopic (exact) mass is 264 g/mol. The van der Waals surface area contributed by atoms with E-state index in [1.165, 1.54) is 0 Å². The number of hydrogen-bond acceptors (Lipinski definition) is 3. The van der Waals surface area contributed by atoms with Crippen LogP contribution in [0.1, 0.15) is 57.6 Å². The average Bonchev–Trinajstić information content (AvgIpc) is 2.44. The second kappa shape index (κ2) is 5.83. The van der Waals surface area contributed by atoms with Crippen LogP contribution in [0.3, 0.4) is 0 Å². The summed E-state index contributed by atoms with van der Waals surface area (Å²) in [6.07, 6.45) is 4.43. The lowest BCUT2D eigenvalue weighted by atomic mass is 9.83. The molecule has 2 atom stereocenters. The van der Waals surface area contributed by atoms with Gasteiger partial charge in [-0.15, -0.1) is 0 Å². The van der Waals surface area contributed by atoms with Gasteiger partial charge in [0, 0.05) is 18.1 Å². The Balaban J connectivity index is 2.29. The Kier molecular flexibility index (Phi) is 4.35. The van der Waals surface area contributed by atoms with E-state index in [9.17, 15) is 5.11 Å². The molecule has 0 saturated heterocycles. The second-order valence-electron chi connectivity index (χ2n) is 5.37. The Morgan fingerprint density at radius 1 is 1.42 bits per heavy atom. The molecule has 2 unspecified atom stereocenters. The van der Waals surface area contributed by atoms with Gasteiger partial charge in [-0.25, -0.2) is 0 Å². The molecule has 1 heterocycles. The maximum atomic E-state index is 10.4. The van der Waals surface area contributed by atoms with Gasteiger partial charge in [0.15, 0.2) is 0 Å². The topological polar surface area (TPSA) is 38.7 Å². The molecule has 3 nitrogen and oxygen atoms in total. The van der Waals surface area contributed by atoms with Gasteiger partial charge in [-0.1, -0.05) is 20.3 Å². The zero-order valence-electron chi connectivity index (χ0n) is 12.1. The standard InChI is InChI=1S/C16H24O3/c1-4-6-9-16(5-2)11-14(17)13-8-7-12(18-3)10-15(13)19-16/h7-8,10,14,17H,4-6,9,11H2,1-3H3. The minimum atomic E-state index is -0.438. The average molecular weight is 264 g/mol. The first-order valence-electron chi connectivity index (χ1n) is 7.19. The van der Waals surface area contributed by atoms with Gasteiger partial charge in [-0.05, 0) is 31.4 Å². The van der Waals surface area contributed by atoms with E-state index in [0.717, 1.165) is 42.7 Å². The zero-order chi connectivity index (χ0) is 13.9. The Morgan fingerprint density at radius 3 is 2.84 bits per heavy atom. The van der Waals surface area contributed by atoms with E-state index in [4.69, 9.17) is 9.47 Å². The number of fused-ring (bicyclic) bond motifs is 1. The number of ether oxygens (including phenoxy) is 2. The molecule has 0 spiro atoms. The van der Waals surface area contributed by atoms with Crippen molar-refractivity contribution in [1.82, 2.24) is 0 Å². The summed E-state index contributed by atoms with van der Waals surface area (Å²) in [6.45, 7) is 4.31. The van der Waals surface area contributed by atoms with E-state index >= 15 is 0 Å². The summed E-state index contributed by atoms with van der Waals surface area (Å²) in [5.41, 5.74) is 0.649. The van der Waals surface area contributed by atoms with Crippen molar-refractivity contribution in [3.05, 3.63) is 23.8 Å². The summed E-state index contributed by atoms with van der Waals surface area (Å²) in [6, 6.07) is 5.66. The van der Waals surface area contributed by atoms with Crippen molar-refractivity contribution in [2.75, 3.05) is 7.11 Å². The Morgan fingerprint density at radius 2 is 2.21 bits per heavy atom. The van der Waals surface area contributed by atoms with Crippen molar-refractivity contribution in [2.45, 2.75) is 57.7 Å². The molecule has 106 valence electrons. The molecule has 1 aliphatic rings. The van der Waals surface area contributed by atoms with E-state index in [0.29, 0.717) is 6.42 Å². The van der Waals surface area contributed by atoms with E-state index in [1.807, 2.05) is 18.2 Å². The molecule has 0 aromatic heterocycles. The fraction of sp³-hybridized carbons (Fsp3) is 0.625. The van der Waals surface area contributed by atoms with Crippen LogP contribution in [0.15, 0.2) is 18.2 Å². The van der Waals surface area contributed by atoms with Crippen LogP contribution in [0.4, 0.5) is 0 Å². The van der Waals surface area contributed by atoms with Crippen LogP contribution in [0.5, 0.6) is 11.5 Å². The first-order chi connectivity index (χ1) is 9.14. The molecule has 0 amide bonds. The summed E-state index contributed by atoms with van der Waals surface area (Å²) in [7, 11) is 1.64. The molecule has 0 aliphatic carbocycles. The maximum Gasteiger partial charge on any atom is 0.129 e. The summed E-state index contributed by atoms with van der Waals surface area (Å²) in [5, 5.41) is 10.4. The van der Waals surface area contributed by atoms with Crippen molar-refractivity contribution >= 4 is 0 Å². The number of unbranched alkanes of at least 4 members (excludes halogenated alkanes) is 1. The minimum absolute atomic E-state index is 0.227. The van der Waals surface area contributed by atoms with Crippen LogP contribution in [0, 0.1) is 0 Å². The summed E-state index contributed by atoms with van der Waals surface area (Å²) < 4.78 is 11.5. The van der Waals surface area contributed by atoms with Crippen LogP contribution >= 0.6 is 0 Å². The van der Waals surface area contributed by atoms with Crippen LogP contribution in [0.25, 0.3) is 0 Å². The van der Waals surface area contributed by atoms with Crippen molar-refractivity contribution in [1.29, 1.82) is 0 Å². The normalized spacial score (nSPS) is 25.6. The van der Waals surface area contributed by atoms with E-state index < -0.39 is 6.10 Å². The summed E-state index contributed by atoms with van der Waals surface area (Å²) >= 11 is 0. The van der Waals surface area contributed by atoms with Crippen LogP contribution < -0.4 is 9.47 Å². The zero-order valence-corrected chi connectivity index (χ0v) is 12.1. The highest BCUT2D eigenvalue weighted by Gasteiger charge is 2.38. The molecule has 0 bridgehead atoms. The van der Waals surface area contributed by atoms with Gasteiger partial charge < -0.3 is 14.6 Å². The van der Waals surface area contributed by atoms with Gasteiger partial charge in [0.2, 0.25) is 0 Å². The highest BCUT2D eigenvalue weighted by atomic mass is 16.5. The molecular formula is C16H24O3. The predicted octanol–water partition coefficient (Wildman–Crippen LogP) is 3.85. The molecule has 0 fully saturated rings. The molecule has 0 radical (unpaired) electrons. The highest BCUT2D eigenvalue weighted by molar-refractivity contribution is 5.44. The number of hydrogen-bond donors (Lipinski definition) is 1. The molecular weight excluding hydrogens is 240 g/mol. The van der Waals surface area contributed by atoms with Crippen molar-refractivity contribution in [3.8, 4) is 11.5 Å². The lowest BCUT2D eigenvalue weighted by Crippen LogP contribution is -2.40. The molecule has 1 aromatic rings. The largest absolute Gasteiger partial charge is 0.497 e. The first kappa shape index (κ1) is 14.2. The van der Waals surface area contributed by atoms with E-state index in [1.54, 1.807) is 7.11 Å². The molecule has 1 N–H and O–H groups in total. The number of methoxy groups -OCH3 is 1. The van der Waals surface area contributed by atoms with Crippen LogP contribution in [-0.2, 0) is 0 Å². The Hall–Kier alpha value is -1.22. The van der Waals surface area contributed by atoms with Crippen molar-refractivity contribution in [2.24, 2.45) is 0 Å². The highest BCUT2D eigenvalue weighted by Crippen LogP contribution is 2.44. The number of benzene rings is 1. The Labute approximate surface area is 115 Å². The van der Waals surface area contributed by atoms with Crippen LogP contribution in [0.2, 0.25) is 0 Å². The van der Waals surface area contributed by atoms with Crippen molar-refractivity contribution in [3.63, 3.8) is 0 Å². The smallest absolute Gasteiger partial charge is 0.129 e. The third-order valence-corrected chi connectivity index (χ3v) is 4.10. The van der Waals surface area contributed by atoms with Gasteiger partial charge in [-0.3, -0.25) is 0 Å². The Bertz CT molecular complexity index is 430. The number of rotatable bonds is 5. The van der Waals surface area contributed by atoms with Crippen LogP contribution in [-0.4, -0.2) is 17.8 Å². The first-order valence-corrected chi connectivity index (χ1v) is 7.19. The third kappa shape index (κ3) is 2.86. The quantitative estimate of drug-likeness (QED) is 0.878. The predicted molar refractivity (Wildman–Crippen MR) is 75.7 cm³/mol. The van der Waals surface area contributed by atoms with Gasteiger partial charge in [0.05, 0.1) is 13.2 Å². The molecule has 2 rings (SSSR count). The lowest BCUT2D eigenvalue weighted by Gasteiger charge is -2.40. The summed E-state index contributed by atoms with van der Waals surface area (Å²) in [5.74, 6) is 1.55. The van der Waals surface area contributed by atoms with Gasteiger partial charge in [-0.2, -0.15) is 0 Å². The van der Waals surface area contributed by atoms with E-state index in [2.05, 4.69) is 13.8 Å². The van der Waals surface area contributed by atoms with Gasteiger partial charge in [0.25, 0.3) is 0 Å². The fourth-order valence-electron chi connectivity index (χ4n) is 2.79. The van der Waals surface area contributed by atoms with Gasteiger partial charge >= 0.3 is 0 Å². The fourth-order valence-corrected chi connectivity index (χ4v) is 2.79. The third-order valence-electron chi connectivity index (χ3n) is 4.10. The lowest BCUT2D eigenvalue weighted by molar-refractivity contribution is -0.0242. The maximum absolute atomic E-state index is 10.4. The molecule has 1 aliphatic heterocycles.